The maximum absolute atomic E-state index is 5.67. The summed E-state index contributed by atoms with van der Waals surface area (Å²) in [5.41, 5.74) is 7.39. The number of imidazole rings is 1. The van der Waals surface area contributed by atoms with Gasteiger partial charge in [-0.15, -0.1) is 0 Å². The van der Waals surface area contributed by atoms with Gasteiger partial charge in [-0.25, -0.2) is 9.97 Å². The average molecular weight is 288 g/mol. The fourth-order valence-corrected chi connectivity index (χ4v) is 2.68. The number of pyridine rings is 1. The van der Waals surface area contributed by atoms with Crippen molar-refractivity contribution in [3.63, 3.8) is 0 Å². The summed E-state index contributed by atoms with van der Waals surface area (Å²) in [4.78, 5) is 12.0. The molecule has 0 bridgehead atoms. The van der Waals surface area contributed by atoms with Crippen molar-refractivity contribution in [2.24, 2.45) is 0 Å². The molecule has 0 aliphatic heterocycles. The van der Waals surface area contributed by atoms with Crippen molar-refractivity contribution >= 4 is 17.0 Å². The highest BCUT2D eigenvalue weighted by Crippen LogP contribution is 2.14. The van der Waals surface area contributed by atoms with Gasteiger partial charge in [0.15, 0.2) is 5.65 Å². The lowest BCUT2D eigenvalue weighted by atomic mass is 10.1. The van der Waals surface area contributed by atoms with Gasteiger partial charge in [0.25, 0.3) is 0 Å². The fourth-order valence-electron chi connectivity index (χ4n) is 2.68. The molecule has 2 rings (SSSR count). The third-order valence-electron chi connectivity index (χ3n) is 3.93. The standard InChI is InChI=1S/C17H28N4/c1-2-3-4-5-6-7-8-9-10-11-16-19-14-12-13-15(18)20-17(14)21-16/h12-13H,2-11H2,1H3,(H3,18,19,20,21). The Balaban J connectivity index is 1.59. The number of hydrogen-bond donors (Lipinski definition) is 2. The van der Waals surface area contributed by atoms with E-state index in [0.717, 1.165) is 23.4 Å². The predicted molar refractivity (Wildman–Crippen MR) is 89.2 cm³/mol. The summed E-state index contributed by atoms with van der Waals surface area (Å²) in [6.45, 7) is 2.27. The highest BCUT2D eigenvalue weighted by molar-refractivity contribution is 5.72. The topological polar surface area (TPSA) is 67.6 Å². The molecule has 0 atom stereocenters. The molecule has 0 fully saturated rings. The largest absolute Gasteiger partial charge is 0.384 e. The first-order valence-corrected chi connectivity index (χ1v) is 8.40. The number of nitrogens with one attached hydrogen (secondary N) is 1. The van der Waals surface area contributed by atoms with Crippen LogP contribution < -0.4 is 5.73 Å². The summed E-state index contributed by atoms with van der Waals surface area (Å²) in [6.07, 6.45) is 13.2. The van der Waals surface area contributed by atoms with Crippen LogP contribution in [0.15, 0.2) is 12.1 Å². The highest BCUT2D eigenvalue weighted by atomic mass is 15.0. The number of hydrogen-bond acceptors (Lipinski definition) is 3. The fraction of sp³-hybridized carbons (Fsp3) is 0.647. The lowest BCUT2D eigenvalue weighted by molar-refractivity contribution is 0.562. The Kier molecular flexibility index (Phi) is 6.51. The summed E-state index contributed by atoms with van der Waals surface area (Å²) in [5, 5.41) is 0. The summed E-state index contributed by atoms with van der Waals surface area (Å²) in [6, 6.07) is 3.76. The van der Waals surface area contributed by atoms with E-state index in [9.17, 15) is 0 Å². The number of unbranched alkanes of at least 4 members (excludes halogenated alkanes) is 8. The minimum Gasteiger partial charge on any atom is -0.384 e. The summed E-state index contributed by atoms with van der Waals surface area (Å²) in [5.74, 6) is 1.56. The van der Waals surface area contributed by atoms with Crippen LogP contribution >= 0.6 is 0 Å². The molecule has 2 aromatic heterocycles. The lowest BCUT2D eigenvalue weighted by Crippen LogP contribution is -1.89. The molecule has 2 heterocycles. The van der Waals surface area contributed by atoms with E-state index in [1.54, 1.807) is 0 Å². The van der Waals surface area contributed by atoms with Crippen molar-refractivity contribution in [3.8, 4) is 0 Å². The number of anilines is 1. The van der Waals surface area contributed by atoms with Crippen LogP contribution in [0.1, 0.15) is 70.5 Å². The van der Waals surface area contributed by atoms with E-state index < -0.39 is 0 Å². The van der Waals surface area contributed by atoms with E-state index in [1.165, 1.54) is 57.8 Å². The summed E-state index contributed by atoms with van der Waals surface area (Å²) >= 11 is 0. The number of aromatic nitrogens is 3. The van der Waals surface area contributed by atoms with Crippen LogP contribution in [0.25, 0.3) is 11.2 Å². The van der Waals surface area contributed by atoms with E-state index in [4.69, 9.17) is 5.73 Å². The SMILES string of the molecule is CCCCCCCCCCCc1nc2nc(N)ccc2[nH]1. The Bertz CT molecular complexity index is 533. The maximum atomic E-state index is 5.67. The number of nitrogen functional groups attached to an aromatic ring is 1. The van der Waals surface area contributed by atoms with Gasteiger partial charge in [-0.3, -0.25) is 0 Å². The lowest BCUT2D eigenvalue weighted by Gasteiger charge is -2.01. The molecule has 21 heavy (non-hydrogen) atoms. The zero-order chi connectivity index (χ0) is 14.9. The molecular weight excluding hydrogens is 260 g/mol. The Morgan fingerprint density at radius 1 is 0.905 bits per heavy atom. The smallest absolute Gasteiger partial charge is 0.179 e. The van der Waals surface area contributed by atoms with Crippen molar-refractivity contribution in [2.45, 2.75) is 71.1 Å². The molecule has 0 aliphatic carbocycles. The zero-order valence-corrected chi connectivity index (χ0v) is 13.2. The van der Waals surface area contributed by atoms with Crippen LogP contribution in [0.2, 0.25) is 0 Å². The van der Waals surface area contributed by atoms with Gasteiger partial charge in [-0.05, 0) is 18.6 Å². The molecule has 3 N–H and O–H groups in total. The van der Waals surface area contributed by atoms with E-state index in [2.05, 4.69) is 21.9 Å². The minimum atomic E-state index is 0.531. The number of aromatic amines is 1. The second-order valence-electron chi connectivity index (χ2n) is 5.87. The van der Waals surface area contributed by atoms with Gasteiger partial charge in [-0.1, -0.05) is 58.3 Å². The van der Waals surface area contributed by atoms with Crippen LogP contribution in [-0.4, -0.2) is 15.0 Å². The molecule has 0 saturated carbocycles. The van der Waals surface area contributed by atoms with E-state index in [-0.39, 0.29) is 0 Å². The van der Waals surface area contributed by atoms with Crippen molar-refractivity contribution < 1.29 is 0 Å². The van der Waals surface area contributed by atoms with Gasteiger partial charge in [0.1, 0.15) is 11.6 Å². The number of aryl methyl sites for hydroxylation is 1. The second kappa shape index (κ2) is 8.65. The number of rotatable bonds is 10. The van der Waals surface area contributed by atoms with Crippen LogP contribution in [0, 0.1) is 0 Å². The van der Waals surface area contributed by atoms with Crippen molar-refractivity contribution in [1.82, 2.24) is 15.0 Å². The molecule has 0 aliphatic rings. The first-order chi connectivity index (χ1) is 10.3. The molecule has 0 unspecified atom stereocenters. The van der Waals surface area contributed by atoms with Gasteiger partial charge < -0.3 is 10.7 Å². The molecule has 0 amide bonds. The Morgan fingerprint density at radius 3 is 2.29 bits per heavy atom. The second-order valence-corrected chi connectivity index (χ2v) is 5.87. The summed E-state index contributed by atoms with van der Waals surface area (Å²) < 4.78 is 0. The van der Waals surface area contributed by atoms with Gasteiger partial charge in [0.2, 0.25) is 0 Å². The number of nitrogens with zero attached hydrogens (tertiary/aromatic N) is 2. The Hall–Kier alpha value is -1.58. The van der Waals surface area contributed by atoms with E-state index in [1.807, 2.05) is 12.1 Å². The Morgan fingerprint density at radius 2 is 1.57 bits per heavy atom. The molecule has 0 aromatic carbocycles. The number of fused-ring (bicyclic) bond motifs is 1. The van der Waals surface area contributed by atoms with Crippen molar-refractivity contribution in [1.29, 1.82) is 0 Å². The monoisotopic (exact) mass is 288 g/mol. The van der Waals surface area contributed by atoms with Gasteiger partial charge in [0, 0.05) is 6.42 Å². The first-order valence-electron chi connectivity index (χ1n) is 8.40. The third kappa shape index (κ3) is 5.37. The van der Waals surface area contributed by atoms with Gasteiger partial charge in [0.05, 0.1) is 5.52 Å². The molecule has 0 spiro atoms. The highest BCUT2D eigenvalue weighted by Gasteiger charge is 2.04. The first kappa shape index (κ1) is 15.8. The maximum Gasteiger partial charge on any atom is 0.179 e. The quantitative estimate of drug-likeness (QED) is 0.627. The molecule has 116 valence electrons. The zero-order valence-electron chi connectivity index (χ0n) is 13.2. The molecule has 4 nitrogen and oxygen atoms in total. The third-order valence-corrected chi connectivity index (χ3v) is 3.93. The molecular formula is C17H28N4. The van der Waals surface area contributed by atoms with Crippen LogP contribution in [0.4, 0.5) is 5.82 Å². The molecule has 2 aromatic rings. The number of H-pyrrole nitrogens is 1. The predicted octanol–water partition coefficient (Wildman–Crippen LogP) is 4.61. The van der Waals surface area contributed by atoms with E-state index >= 15 is 0 Å². The van der Waals surface area contributed by atoms with Crippen LogP contribution in [0.3, 0.4) is 0 Å². The Labute approximate surface area is 127 Å². The molecule has 0 radical (unpaired) electrons. The van der Waals surface area contributed by atoms with Crippen LogP contribution in [-0.2, 0) is 6.42 Å². The average Bonchev–Trinajstić information content (AvgIpc) is 2.87. The molecule has 0 saturated heterocycles. The number of nitrogens with two attached hydrogens (primary N) is 1. The van der Waals surface area contributed by atoms with Crippen molar-refractivity contribution in [3.05, 3.63) is 18.0 Å². The van der Waals surface area contributed by atoms with Gasteiger partial charge >= 0.3 is 0 Å². The minimum absolute atomic E-state index is 0.531. The van der Waals surface area contributed by atoms with E-state index in [0.29, 0.717) is 5.82 Å². The summed E-state index contributed by atoms with van der Waals surface area (Å²) in [7, 11) is 0. The van der Waals surface area contributed by atoms with Crippen molar-refractivity contribution in [2.75, 3.05) is 5.73 Å². The normalized spacial score (nSPS) is 11.3. The molecule has 4 heteroatoms. The van der Waals surface area contributed by atoms with Crippen LogP contribution in [0.5, 0.6) is 0 Å². The van der Waals surface area contributed by atoms with Gasteiger partial charge in [-0.2, -0.15) is 0 Å².